The Bertz CT molecular complexity index is 75.7. The number of aliphatic carboxylic acids is 2. The van der Waals surface area contributed by atoms with E-state index in [1.807, 2.05) is 0 Å². The van der Waals surface area contributed by atoms with Gasteiger partial charge in [0.15, 0.2) is 0 Å². The molecule has 5 heteroatoms. The molecule has 0 amide bonds. The first-order valence-corrected chi connectivity index (χ1v) is 1.11. The molecule has 0 atom stereocenters. The van der Waals surface area contributed by atoms with E-state index in [1.165, 1.54) is 0 Å². The Kier molecular flexibility index (Phi) is 6.81. The fourth-order valence-corrected chi connectivity index (χ4v) is 0. The first kappa shape index (κ1) is 10.4. The van der Waals surface area contributed by atoms with Gasteiger partial charge in [0.25, 0.3) is 0 Å². The van der Waals surface area contributed by atoms with Crippen LogP contribution in [0.5, 0.6) is 0 Å². The summed E-state index contributed by atoms with van der Waals surface area (Å²) in [5.74, 6) is -3.65. The van der Waals surface area contributed by atoms with Gasteiger partial charge in [0.2, 0.25) is 0 Å². The minimum absolute atomic E-state index is 0. The predicted octanol–water partition coefficient (Wildman–Crippen LogP) is -1.23. The summed E-state index contributed by atoms with van der Waals surface area (Å²) in [5, 5.41) is 14.8. The van der Waals surface area contributed by atoms with Crippen molar-refractivity contribution in [2.75, 3.05) is 0 Å². The van der Waals surface area contributed by atoms with Gasteiger partial charge in [-0.1, -0.05) is 0 Å². The first-order chi connectivity index (χ1) is 2.64. The zero-order chi connectivity index (χ0) is 5.15. The minimum atomic E-state index is -1.82. The van der Waals surface area contributed by atoms with Crippen molar-refractivity contribution >= 4 is 57.4 Å². The molecule has 0 bridgehead atoms. The number of rotatable bonds is 0. The van der Waals surface area contributed by atoms with Crippen LogP contribution in [0.3, 0.4) is 0 Å². The molecule has 4 nitrogen and oxygen atoms in total. The van der Waals surface area contributed by atoms with Crippen molar-refractivity contribution in [1.82, 2.24) is 0 Å². The van der Waals surface area contributed by atoms with E-state index in [2.05, 4.69) is 0 Å². The molecule has 0 fully saturated rings. The van der Waals surface area contributed by atoms with Crippen LogP contribution in [0, 0.1) is 0 Å². The molecule has 0 aromatic rings. The molecule has 0 aliphatic rings. The maximum absolute atomic E-state index is 9.10. The number of carboxylic acids is 2. The number of carboxylic acid groups (broad SMARTS) is 2. The van der Waals surface area contributed by atoms with Gasteiger partial charge in [-0.25, -0.2) is 9.59 Å². The third kappa shape index (κ3) is 6.42. The molecule has 0 unspecified atom stereocenters. The Balaban J connectivity index is 0. The monoisotopic (exact) mass is 178 g/mol. The fourth-order valence-electron chi connectivity index (χ4n) is 0. The van der Waals surface area contributed by atoms with Crippen LogP contribution >= 0.6 is 0 Å². The summed E-state index contributed by atoms with van der Waals surface area (Å²) in [6, 6.07) is 0. The average molecular weight is 178 g/mol. The van der Waals surface area contributed by atoms with Crippen LogP contribution in [-0.2, 0) is 9.59 Å². The van der Waals surface area contributed by atoms with Crippen LogP contribution in [0.4, 0.5) is 0 Å². The summed E-state index contributed by atoms with van der Waals surface area (Å²) in [7, 11) is 0. The van der Waals surface area contributed by atoms with Crippen molar-refractivity contribution in [3.63, 3.8) is 0 Å². The van der Waals surface area contributed by atoms with Gasteiger partial charge in [-0.05, 0) is 0 Å². The molecule has 2 N–H and O–H groups in total. The van der Waals surface area contributed by atoms with Crippen molar-refractivity contribution < 1.29 is 19.8 Å². The molecule has 0 heterocycles. The Morgan fingerprint density at radius 2 is 1.14 bits per heavy atom. The van der Waals surface area contributed by atoms with Gasteiger partial charge in [0.05, 0.1) is 0 Å². The third-order valence-electron chi connectivity index (χ3n) is 0.183. The molecule has 34 valence electrons. The molecule has 0 spiro atoms. The van der Waals surface area contributed by atoms with Gasteiger partial charge in [-0.3, -0.25) is 0 Å². The summed E-state index contributed by atoms with van der Waals surface area (Å²) in [5.41, 5.74) is 0. The molecule has 0 saturated carbocycles. The van der Waals surface area contributed by atoms with E-state index in [9.17, 15) is 0 Å². The molecule has 0 aromatic carbocycles. The van der Waals surface area contributed by atoms with E-state index in [0.717, 1.165) is 0 Å². The maximum atomic E-state index is 9.10. The molecule has 0 saturated heterocycles. The van der Waals surface area contributed by atoms with Crippen LogP contribution in [0.1, 0.15) is 0 Å². The van der Waals surface area contributed by atoms with Crippen LogP contribution in [0.15, 0.2) is 0 Å². The van der Waals surface area contributed by atoms with Gasteiger partial charge in [0.1, 0.15) is 0 Å². The number of carbonyl (C=O) groups is 2. The van der Waals surface area contributed by atoms with E-state index in [0.29, 0.717) is 0 Å². The summed E-state index contributed by atoms with van der Waals surface area (Å²) >= 11 is 0. The second-order valence-electron chi connectivity index (χ2n) is 0.610. The Morgan fingerprint density at radius 1 is 1.00 bits per heavy atom. The molecule has 0 aliphatic heterocycles. The Labute approximate surface area is 76.4 Å². The SMILES string of the molecule is O=C(O)C(=O)O.[Sr+2]. The van der Waals surface area contributed by atoms with E-state index < -0.39 is 11.9 Å². The number of hydrogen-bond acceptors (Lipinski definition) is 2. The standard InChI is InChI=1S/C2H2O4.Sr/c3-1(4)2(5)6;/h(H,3,4)(H,5,6);/q;+2. The van der Waals surface area contributed by atoms with Crippen molar-refractivity contribution in [2.45, 2.75) is 0 Å². The van der Waals surface area contributed by atoms with Crippen molar-refractivity contribution in [2.24, 2.45) is 0 Å². The summed E-state index contributed by atoms with van der Waals surface area (Å²) in [6.45, 7) is 0. The second-order valence-corrected chi connectivity index (χ2v) is 0.610. The van der Waals surface area contributed by atoms with E-state index in [1.54, 1.807) is 0 Å². The topological polar surface area (TPSA) is 74.6 Å². The molecular formula is C2H2O4Sr+2. The molecule has 0 aromatic heterocycles. The molecule has 7 heavy (non-hydrogen) atoms. The number of hydrogen-bond donors (Lipinski definition) is 2. The molecule has 0 radical (unpaired) electrons. The summed E-state index contributed by atoms with van der Waals surface area (Å²) in [6.07, 6.45) is 0. The molecule has 0 rings (SSSR count). The van der Waals surface area contributed by atoms with Gasteiger partial charge in [-0.2, -0.15) is 0 Å². The quantitative estimate of drug-likeness (QED) is 0.359. The average Bonchev–Trinajstić information content (AvgIpc) is 1.36. The minimum Gasteiger partial charge on any atom is -0.473 e. The third-order valence-corrected chi connectivity index (χ3v) is 0.183. The predicted molar refractivity (Wildman–Crippen MR) is 21.0 cm³/mol. The zero-order valence-corrected chi connectivity index (χ0v) is 6.89. The Morgan fingerprint density at radius 3 is 1.14 bits per heavy atom. The summed E-state index contributed by atoms with van der Waals surface area (Å²) < 4.78 is 0. The fraction of sp³-hybridized carbons (Fsp3) is 0. The first-order valence-electron chi connectivity index (χ1n) is 1.11. The van der Waals surface area contributed by atoms with Gasteiger partial charge in [-0.15, -0.1) is 0 Å². The largest absolute Gasteiger partial charge is 2.00 e. The van der Waals surface area contributed by atoms with Crippen molar-refractivity contribution in [1.29, 1.82) is 0 Å². The zero-order valence-electron chi connectivity index (χ0n) is 3.42. The van der Waals surface area contributed by atoms with Gasteiger partial charge < -0.3 is 10.2 Å². The van der Waals surface area contributed by atoms with Crippen molar-refractivity contribution in [3.8, 4) is 0 Å². The molecular weight excluding hydrogens is 176 g/mol. The van der Waals surface area contributed by atoms with Crippen LogP contribution in [0.25, 0.3) is 0 Å². The Hall–Kier alpha value is 0.421. The molecule has 0 aliphatic carbocycles. The van der Waals surface area contributed by atoms with Crippen molar-refractivity contribution in [3.05, 3.63) is 0 Å². The smallest absolute Gasteiger partial charge is 0.473 e. The second kappa shape index (κ2) is 4.58. The van der Waals surface area contributed by atoms with Gasteiger partial charge in [0, 0.05) is 0 Å². The van der Waals surface area contributed by atoms with E-state index in [-0.39, 0.29) is 45.5 Å². The van der Waals surface area contributed by atoms with E-state index >= 15 is 0 Å². The van der Waals surface area contributed by atoms with E-state index in [4.69, 9.17) is 19.8 Å². The normalized spacial score (nSPS) is 6.29. The van der Waals surface area contributed by atoms with Gasteiger partial charge >= 0.3 is 57.4 Å². The van der Waals surface area contributed by atoms with Crippen LogP contribution < -0.4 is 0 Å². The summed E-state index contributed by atoms with van der Waals surface area (Å²) in [4.78, 5) is 18.2. The van der Waals surface area contributed by atoms with Crippen LogP contribution in [-0.4, -0.2) is 67.6 Å². The maximum Gasteiger partial charge on any atom is 2.00 e. The van der Waals surface area contributed by atoms with Crippen LogP contribution in [0.2, 0.25) is 0 Å².